The van der Waals surface area contributed by atoms with E-state index in [-0.39, 0.29) is 6.10 Å². The first-order valence-corrected chi connectivity index (χ1v) is 6.20. The highest BCUT2D eigenvalue weighted by molar-refractivity contribution is 4.80. The molecule has 0 aliphatic heterocycles. The molecule has 1 saturated carbocycles. The van der Waals surface area contributed by atoms with Gasteiger partial charge in [-0.05, 0) is 51.6 Å². The molecule has 0 aromatic heterocycles. The molecule has 1 fully saturated rings. The summed E-state index contributed by atoms with van der Waals surface area (Å²) >= 11 is 0. The molecule has 1 rings (SSSR count). The van der Waals surface area contributed by atoms with Crippen molar-refractivity contribution in [2.24, 2.45) is 5.92 Å². The molecule has 0 aromatic rings. The van der Waals surface area contributed by atoms with Gasteiger partial charge in [0.1, 0.15) is 0 Å². The van der Waals surface area contributed by atoms with Crippen LogP contribution in [0.25, 0.3) is 0 Å². The molecule has 1 aliphatic rings. The van der Waals surface area contributed by atoms with E-state index in [1.54, 1.807) is 0 Å². The molecule has 0 amide bonds. The first-order chi connectivity index (χ1) is 7.22. The van der Waals surface area contributed by atoms with E-state index in [1.165, 1.54) is 32.4 Å². The van der Waals surface area contributed by atoms with E-state index in [0.29, 0.717) is 0 Å². The summed E-state index contributed by atoms with van der Waals surface area (Å²) in [4.78, 5) is 2.41. The molecule has 0 heterocycles. The van der Waals surface area contributed by atoms with E-state index in [1.807, 2.05) is 6.08 Å². The Bertz CT molecular complexity index is 175. The van der Waals surface area contributed by atoms with Crippen LogP contribution in [-0.4, -0.2) is 36.2 Å². The molecular weight excluding hydrogens is 186 g/mol. The normalized spacial score (nSPS) is 25.3. The monoisotopic (exact) mass is 211 g/mol. The van der Waals surface area contributed by atoms with Crippen LogP contribution in [0.5, 0.6) is 0 Å². The molecule has 2 nitrogen and oxygen atoms in total. The second-order valence-electron chi connectivity index (χ2n) is 4.89. The molecule has 88 valence electrons. The second kappa shape index (κ2) is 7.02. The summed E-state index contributed by atoms with van der Waals surface area (Å²) in [6.07, 6.45) is 9.05. The van der Waals surface area contributed by atoms with Crippen LogP contribution in [0.1, 0.15) is 38.5 Å². The summed E-state index contributed by atoms with van der Waals surface area (Å²) < 4.78 is 0. The van der Waals surface area contributed by atoms with Gasteiger partial charge in [0, 0.05) is 6.54 Å². The van der Waals surface area contributed by atoms with Gasteiger partial charge in [-0.2, -0.15) is 0 Å². The molecule has 0 atom stereocenters. The van der Waals surface area contributed by atoms with Gasteiger partial charge in [0.05, 0.1) is 6.10 Å². The summed E-state index contributed by atoms with van der Waals surface area (Å²) in [6, 6.07) is 0. The third-order valence-corrected chi connectivity index (χ3v) is 3.23. The summed E-state index contributed by atoms with van der Waals surface area (Å²) in [5.74, 6) is 0.748. The number of rotatable bonds is 8. The predicted octanol–water partition coefficient (Wildman–Crippen LogP) is 2.44. The summed E-state index contributed by atoms with van der Waals surface area (Å²) in [5, 5.41) is 9.18. The fourth-order valence-corrected chi connectivity index (χ4v) is 2.23. The minimum Gasteiger partial charge on any atom is -0.393 e. The zero-order chi connectivity index (χ0) is 11.1. The first kappa shape index (κ1) is 12.7. The van der Waals surface area contributed by atoms with Gasteiger partial charge < -0.3 is 10.0 Å². The fraction of sp³-hybridized carbons (Fsp3) is 0.846. The molecule has 2 heteroatoms. The van der Waals surface area contributed by atoms with Gasteiger partial charge >= 0.3 is 0 Å². The van der Waals surface area contributed by atoms with E-state index in [2.05, 4.69) is 18.5 Å². The molecule has 15 heavy (non-hydrogen) atoms. The van der Waals surface area contributed by atoms with E-state index >= 15 is 0 Å². The summed E-state index contributed by atoms with van der Waals surface area (Å²) in [5.41, 5.74) is 0. The highest BCUT2D eigenvalue weighted by Crippen LogP contribution is 2.27. The van der Waals surface area contributed by atoms with E-state index < -0.39 is 0 Å². The van der Waals surface area contributed by atoms with Crippen molar-refractivity contribution in [3.63, 3.8) is 0 Å². The van der Waals surface area contributed by atoms with Crippen LogP contribution in [0.2, 0.25) is 0 Å². The average Bonchev–Trinajstić information content (AvgIpc) is 2.15. The maximum Gasteiger partial charge on any atom is 0.0546 e. The van der Waals surface area contributed by atoms with Crippen LogP contribution >= 0.6 is 0 Å². The van der Waals surface area contributed by atoms with Gasteiger partial charge in [0.15, 0.2) is 0 Å². The van der Waals surface area contributed by atoms with Crippen LogP contribution in [0, 0.1) is 5.92 Å². The van der Waals surface area contributed by atoms with Gasteiger partial charge in [-0.3, -0.25) is 0 Å². The van der Waals surface area contributed by atoms with Crippen molar-refractivity contribution in [1.82, 2.24) is 4.90 Å². The van der Waals surface area contributed by atoms with Crippen LogP contribution in [0.3, 0.4) is 0 Å². The molecule has 0 bridgehead atoms. The lowest BCUT2D eigenvalue weighted by Gasteiger charge is -2.34. The number of hydrogen-bond acceptors (Lipinski definition) is 2. The molecule has 0 unspecified atom stereocenters. The average molecular weight is 211 g/mol. The van der Waals surface area contributed by atoms with Crippen LogP contribution in [0.15, 0.2) is 12.7 Å². The summed E-state index contributed by atoms with van der Waals surface area (Å²) in [7, 11) is 2.19. The van der Waals surface area contributed by atoms with Crippen molar-refractivity contribution in [1.29, 1.82) is 0 Å². The molecule has 0 aromatic carbocycles. The highest BCUT2D eigenvalue weighted by Gasteiger charge is 2.27. The third-order valence-electron chi connectivity index (χ3n) is 3.23. The quantitative estimate of drug-likeness (QED) is 0.492. The topological polar surface area (TPSA) is 23.5 Å². The van der Waals surface area contributed by atoms with Crippen molar-refractivity contribution in [3.8, 4) is 0 Å². The fourth-order valence-electron chi connectivity index (χ4n) is 2.23. The van der Waals surface area contributed by atoms with E-state index in [9.17, 15) is 5.11 Å². The maximum absolute atomic E-state index is 9.18. The molecule has 1 N–H and O–H groups in total. The lowest BCUT2D eigenvalue weighted by atomic mass is 9.82. The number of hydrogen-bond donors (Lipinski definition) is 1. The molecule has 0 saturated heterocycles. The lowest BCUT2D eigenvalue weighted by molar-refractivity contribution is 0.0282. The number of aliphatic hydroxyl groups excluding tert-OH is 1. The zero-order valence-electron chi connectivity index (χ0n) is 9.99. The Morgan fingerprint density at radius 2 is 2.07 bits per heavy atom. The standard InChI is InChI=1S/C13H25NO/c1-3-4-5-6-7-8-14(2)11-12-9-13(15)10-12/h3,12-13,15H,1,4-11H2,2H3. The van der Waals surface area contributed by atoms with Crippen molar-refractivity contribution in [3.05, 3.63) is 12.7 Å². The first-order valence-electron chi connectivity index (χ1n) is 6.20. The molecular formula is C13H25NO. The Kier molecular flexibility index (Phi) is 5.96. The number of allylic oxidation sites excluding steroid dienone is 1. The lowest BCUT2D eigenvalue weighted by Crippen LogP contribution is -2.37. The minimum absolute atomic E-state index is 0.00371. The smallest absolute Gasteiger partial charge is 0.0546 e. The van der Waals surface area contributed by atoms with Gasteiger partial charge in [-0.25, -0.2) is 0 Å². The molecule has 1 aliphatic carbocycles. The Morgan fingerprint density at radius 1 is 1.33 bits per heavy atom. The maximum atomic E-state index is 9.18. The van der Waals surface area contributed by atoms with Crippen LogP contribution < -0.4 is 0 Å². The van der Waals surface area contributed by atoms with Crippen molar-refractivity contribution >= 4 is 0 Å². The highest BCUT2D eigenvalue weighted by atomic mass is 16.3. The third kappa shape index (κ3) is 5.33. The number of nitrogens with zero attached hydrogens (tertiary/aromatic N) is 1. The van der Waals surface area contributed by atoms with Crippen LogP contribution in [0.4, 0.5) is 0 Å². The zero-order valence-corrected chi connectivity index (χ0v) is 9.99. The van der Waals surface area contributed by atoms with Gasteiger partial charge in [-0.1, -0.05) is 12.5 Å². The van der Waals surface area contributed by atoms with Crippen molar-refractivity contribution < 1.29 is 5.11 Å². The van der Waals surface area contributed by atoms with Crippen LogP contribution in [-0.2, 0) is 0 Å². The Hall–Kier alpha value is -0.340. The Morgan fingerprint density at radius 3 is 2.67 bits per heavy atom. The van der Waals surface area contributed by atoms with E-state index in [0.717, 1.165) is 25.2 Å². The minimum atomic E-state index is -0.00371. The molecule has 0 spiro atoms. The number of unbranched alkanes of at least 4 members (excludes halogenated alkanes) is 3. The van der Waals surface area contributed by atoms with Gasteiger partial charge in [-0.15, -0.1) is 6.58 Å². The largest absolute Gasteiger partial charge is 0.393 e. The summed E-state index contributed by atoms with van der Waals surface area (Å²) in [6.45, 7) is 6.09. The van der Waals surface area contributed by atoms with Gasteiger partial charge in [0.2, 0.25) is 0 Å². The number of aliphatic hydroxyl groups is 1. The van der Waals surface area contributed by atoms with Gasteiger partial charge in [0.25, 0.3) is 0 Å². The predicted molar refractivity (Wildman–Crippen MR) is 64.9 cm³/mol. The van der Waals surface area contributed by atoms with Crippen molar-refractivity contribution in [2.75, 3.05) is 20.1 Å². The van der Waals surface area contributed by atoms with E-state index in [4.69, 9.17) is 0 Å². The SMILES string of the molecule is C=CCCCCCN(C)CC1CC(O)C1. The Labute approximate surface area is 94.0 Å². The Balaban J connectivity index is 1.89. The molecule has 0 radical (unpaired) electrons. The van der Waals surface area contributed by atoms with Crippen molar-refractivity contribution in [2.45, 2.75) is 44.6 Å². The second-order valence-corrected chi connectivity index (χ2v) is 4.89.